The van der Waals surface area contributed by atoms with Crippen LogP contribution in [-0.4, -0.2) is 34.9 Å². The monoisotopic (exact) mass is 335 g/mol. The van der Waals surface area contributed by atoms with Crippen molar-refractivity contribution in [1.82, 2.24) is 14.8 Å². The zero-order valence-corrected chi connectivity index (χ0v) is 14.6. The highest BCUT2D eigenvalue weighted by Gasteiger charge is 2.21. The third-order valence-corrected chi connectivity index (χ3v) is 4.16. The summed E-state index contributed by atoms with van der Waals surface area (Å²) < 4.78 is 1.72. The fourth-order valence-electron chi connectivity index (χ4n) is 2.61. The maximum Gasteiger partial charge on any atom is 0.281 e. The van der Waals surface area contributed by atoms with Gasteiger partial charge in [0.15, 0.2) is 0 Å². The van der Waals surface area contributed by atoms with Crippen molar-refractivity contribution in [3.8, 4) is 16.9 Å². The highest BCUT2D eigenvalue weighted by molar-refractivity contribution is 5.99. The number of carbonyl (C=O) groups is 1. The van der Waals surface area contributed by atoms with E-state index in [1.807, 2.05) is 42.5 Å². The van der Waals surface area contributed by atoms with Crippen molar-refractivity contribution >= 4 is 5.91 Å². The molecule has 128 valence electrons. The van der Waals surface area contributed by atoms with E-state index in [1.54, 1.807) is 17.9 Å². The van der Waals surface area contributed by atoms with Gasteiger partial charge in [-0.15, -0.1) is 0 Å². The van der Waals surface area contributed by atoms with Crippen molar-refractivity contribution in [1.29, 1.82) is 0 Å². The molecule has 0 atom stereocenters. The van der Waals surface area contributed by atoms with Crippen LogP contribution in [0.1, 0.15) is 22.8 Å². The number of aromatic nitrogens is 2. The molecular weight excluding hydrogens is 314 g/mol. The van der Waals surface area contributed by atoms with Gasteiger partial charge in [0, 0.05) is 18.8 Å². The van der Waals surface area contributed by atoms with Gasteiger partial charge in [-0.05, 0) is 24.1 Å². The van der Waals surface area contributed by atoms with Crippen LogP contribution in [0.5, 0.6) is 0 Å². The molecule has 0 saturated carbocycles. The van der Waals surface area contributed by atoms with Crippen LogP contribution in [0.4, 0.5) is 0 Å². The minimum absolute atomic E-state index is 0.237. The topological polar surface area (TPSA) is 47.4 Å². The van der Waals surface area contributed by atoms with Gasteiger partial charge in [-0.1, -0.05) is 49.4 Å². The fourth-order valence-corrected chi connectivity index (χ4v) is 2.61. The average molecular weight is 335 g/mol. The molecule has 1 heterocycles. The number of benzene rings is 2. The normalized spacial score (nSPS) is 10.7. The Labute approximate surface area is 147 Å². The fraction of sp³-hybridized carbons (Fsp3) is 0.200. The smallest absolute Gasteiger partial charge is 0.274 e. The van der Waals surface area contributed by atoms with Gasteiger partial charge in [0.25, 0.3) is 5.91 Å². The van der Waals surface area contributed by atoms with Gasteiger partial charge >= 0.3 is 0 Å². The first-order chi connectivity index (χ1) is 12.1. The second-order valence-electron chi connectivity index (χ2n) is 5.71. The zero-order chi connectivity index (χ0) is 17.8. The van der Waals surface area contributed by atoms with Gasteiger partial charge in [0.1, 0.15) is 5.69 Å². The van der Waals surface area contributed by atoms with Crippen molar-refractivity contribution in [2.45, 2.75) is 13.3 Å². The van der Waals surface area contributed by atoms with Gasteiger partial charge in [-0.25, -0.2) is 9.75 Å². The summed E-state index contributed by atoms with van der Waals surface area (Å²) in [5.41, 5.74) is 4.18. The number of hydroxylamine groups is 2. The van der Waals surface area contributed by atoms with E-state index in [9.17, 15) is 4.79 Å². The van der Waals surface area contributed by atoms with Gasteiger partial charge in [0.05, 0.1) is 18.4 Å². The summed E-state index contributed by atoms with van der Waals surface area (Å²) in [5, 5.41) is 5.86. The number of carbonyl (C=O) groups excluding carboxylic acids is 1. The molecule has 1 aromatic heterocycles. The number of nitrogens with zero attached hydrogens (tertiary/aromatic N) is 3. The van der Waals surface area contributed by atoms with E-state index in [4.69, 9.17) is 4.84 Å². The average Bonchev–Trinajstić information content (AvgIpc) is 3.13. The van der Waals surface area contributed by atoms with Gasteiger partial charge < -0.3 is 0 Å². The minimum Gasteiger partial charge on any atom is -0.274 e. The number of amides is 1. The number of para-hydroxylation sites is 1. The zero-order valence-electron chi connectivity index (χ0n) is 14.6. The largest absolute Gasteiger partial charge is 0.281 e. The van der Waals surface area contributed by atoms with E-state index >= 15 is 0 Å². The molecule has 0 aliphatic heterocycles. The van der Waals surface area contributed by atoms with E-state index in [0.29, 0.717) is 11.3 Å². The first-order valence-corrected chi connectivity index (χ1v) is 8.20. The SMILES string of the molecule is CCc1ccc(-c2nn(-c3ccccc3)cc2C(=O)N(C)OC)cc1. The molecule has 0 aliphatic rings. The van der Waals surface area contributed by atoms with Gasteiger partial charge in [-0.3, -0.25) is 9.63 Å². The first-order valence-electron chi connectivity index (χ1n) is 8.20. The lowest BCUT2D eigenvalue weighted by atomic mass is 10.0. The molecule has 0 aliphatic carbocycles. The molecule has 3 aromatic rings. The van der Waals surface area contributed by atoms with Crippen LogP contribution in [0.2, 0.25) is 0 Å². The van der Waals surface area contributed by atoms with Crippen molar-refractivity contribution in [3.63, 3.8) is 0 Å². The lowest BCUT2D eigenvalue weighted by molar-refractivity contribution is -0.0756. The third-order valence-electron chi connectivity index (χ3n) is 4.16. The maximum atomic E-state index is 12.7. The van der Waals surface area contributed by atoms with Crippen molar-refractivity contribution in [3.05, 3.63) is 71.9 Å². The molecule has 0 spiro atoms. The van der Waals surface area contributed by atoms with E-state index < -0.39 is 0 Å². The van der Waals surface area contributed by atoms with Crippen LogP contribution in [0.3, 0.4) is 0 Å². The summed E-state index contributed by atoms with van der Waals surface area (Å²) in [6, 6.07) is 17.8. The van der Waals surface area contributed by atoms with Crippen LogP contribution in [0.15, 0.2) is 60.8 Å². The molecule has 5 heteroatoms. The van der Waals surface area contributed by atoms with E-state index in [0.717, 1.165) is 17.7 Å². The predicted octanol–water partition coefficient (Wildman–Crippen LogP) is 3.74. The molecule has 0 bridgehead atoms. The first kappa shape index (κ1) is 16.9. The van der Waals surface area contributed by atoms with Crippen molar-refractivity contribution in [2.75, 3.05) is 14.2 Å². The minimum atomic E-state index is -0.237. The summed E-state index contributed by atoms with van der Waals surface area (Å²) in [5.74, 6) is -0.237. The molecule has 0 fully saturated rings. The number of aryl methyl sites for hydroxylation is 1. The molecular formula is C20H21N3O2. The Hall–Kier alpha value is -2.92. The van der Waals surface area contributed by atoms with Crippen LogP contribution in [0, 0.1) is 0 Å². The predicted molar refractivity (Wildman–Crippen MR) is 97.5 cm³/mol. The summed E-state index contributed by atoms with van der Waals surface area (Å²) in [4.78, 5) is 17.7. The summed E-state index contributed by atoms with van der Waals surface area (Å²) >= 11 is 0. The summed E-state index contributed by atoms with van der Waals surface area (Å²) in [6.07, 6.45) is 2.72. The van der Waals surface area contributed by atoms with Crippen LogP contribution < -0.4 is 0 Å². The van der Waals surface area contributed by atoms with Crippen LogP contribution >= 0.6 is 0 Å². The molecule has 0 saturated heterocycles. The van der Waals surface area contributed by atoms with Crippen molar-refractivity contribution < 1.29 is 9.63 Å². The number of rotatable bonds is 5. The Bertz CT molecular complexity index is 854. The standard InChI is InChI=1S/C20H21N3O2/c1-4-15-10-12-16(13-11-15)19-18(20(24)22(2)25-3)14-23(21-19)17-8-6-5-7-9-17/h5-14H,4H2,1-3H3. The molecule has 2 aromatic carbocycles. The molecule has 0 radical (unpaired) electrons. The van der Waals surface area contributed by atoms with E-state index in [2.05, 4.69) is 24.2 Å². The Balaban J connectivity index is 2.10. The van der Waals surface area contributed by atoms with Crippen LogP contribution in [0.25, 0.3) is 16.9 Å². The lowest BCUT2D eigenvalue weighted by Crippen LogP contribution is -2.25. The number of hydrogen-bond acceptors (Lipinski definition) is 3. The molecule has 3 rings (SSSR count). The molecule has 5 nitrogen and oxygen atoms in total. The molecule has 1 amide bonds. The Morgan fingerprint density at radius 1 is 1.12 bits per heavy atom. The van der Waals surface area contributed by atoms with Crippen molar-refractivity contribution in [2.24, 2.45) is 0 Å². The van der Waals surface area contributed by atoms with Crippen LogP contribution in [-0.2, 0) is 11.3 Å². The van der Waals surface area contributed by atoms with Gasteiger partial charge in [-0.2, -0.15) is 5.10 Å². The highest BCUT2D eigenvalue weighted by atomic mass is 16.7. The molecule has 25 heavy (non-hydrogen) atoms. The highest BCUT2D eigenvalue weighted by Crippen LogP contribution is 2.25. The van der Waals surface area contributed by atoms with E-state index in [-0.39, 0.29) is 5.91 Å². The quantitative estimate of drug-likeness (QED) is 0.667. The number of hydrogen-bond donors (Lipinski definition) is 0. The third kappa shape index (κ3) is 3.46. The Morgan fingerprint density at radius 2 is 1.80 bits per heavy atom. The summed E-state index contributed by atoms with van der Waals surface area (Å²) in [6.45, 7) is 2.11. The summed E-state index contributed by atoms with van der Waals surface area (Å²) in [7, 11) is 3.06. The molecule has 0 N–H and O–H groups in total. The second kappa shape index (κ2) is 7.32. The second-order valence-corrected chi connectivity index (χ2v) is 5.71. The van der Waals surface area contributed by atoms with Gasteiger partial charge in [0.2, 0.25) is 0 Å². The van der Waals surface area contributed by atoms with E-state index in [1.165, 1.54) is 17.7 Å². The Morgan fingerprint density at radius 3 is 2.40 bits per heavy atom. The molecule has 0 unspecified atom stereocenters. The Kier molecular flexibility index (Phi) is 4.95. The lowest BCUT2D eigenvalue weighted by Gasteiger charge is -2.13. The maximum absolute atomic E-state index is 12.7.